The smallest absolute Gasteiger partial charge is 0.299 e. The zero-order valence-corrected chi connectivity index (χ0v) is 11.7. The van der Waals surface area contributed by atoms with Crippen LogP contribution in [0.4, 0.5) is 5.69 Å². The summed E-state index contributed by atoms with van der Waals surface area (Å²) in [7, 11) is 0. The second-order valence-electron chi connectivity index (χ2n) is 4.52. The third-order valence-corrected chi connectivity index (χ3v) is 3.43. The van der Waals surface area contributed by atoms with E-state index in [0.29, 0.717) is 22.8 Å². The molecule has 0 spiro atoms. The van der Waals surface area contributed by atoms with E-state index >= 15 is 0 Å². The maximum absolute atomic E-state index is 11.9. The highest BCUT2D eigenvalue weighted by Gasteiger charge is 2.36. The molecule has 102 valence electrons. The molecule has 0 bridgehead atoms. The van der Waals surface area contributed by atoms with E-state index in [1.165, 1.54) is 4.90 Å². The minimum atomic E-state index is -0.498. The molecule has 0 saturated heterocycles. The Balaban J connectivity index is 2.05. The average molecular weight is 281 g/mol. The van der Waals surface area contributed by atoms with Crippen molar-refractivity contribution < 1.29 is 9.59 Å². The van der Waals surface area contributed by atoms with Gasteiger partial charge in [-0.2, -0.15) is 0 Å². The third-order valence-electron chi connectivity index (χ3n) is 3.11. The van der Waals surface area contributed by atoms with E-state index in [0.717, 1.165) is 25.9 Å². The van der Waals surface area contributed by atoms with E-state index in [4.69, 9.17) is 11.6 Å². The molecule has 4 nitrogen and oxygen atoms in total. The van der Waals surface area contributed by atoms with Crippen LogP contribution in [0.3, 0.4) is 0 Å². The van der Waals surface area contributed by atoms with Crippen LogP contribution in [0.25, 0.3) is 0 Å². The fraction of sp³-hybridized carbons (Fsp3) is 0.429. The molecule has 0 saturated carbocycles. The molecular formula is C14H17ClN2O2. The molecule has 5 heteroatoms. The van der Waals surface area contributed by atoms with Crippen LogP contribution in [0, 0.1) is 0 Å². The maximum Gasteiger partial charge on any atom is 0.299 e. The topological polar surface area (TPSA) is 49.4 Å². The summed E-state index contributed by atoms with van der Waals surface area (Å²) in [4.78, 5) is 25.3. The van der Waals surface area contributed by atoms with Crippen LogP contribution in [0.5, 0.6) is 0 Å². The molecule has 0 fully saturated rings. The minimum Gasteiger partial charge on any atom is -0.317 e. The van der Waals surface area contributed by atoms with Crippen molar-refractivity contribution in [2.75, 3.05) is 24.5 Å². The second-order valence-corrected chi connectivity index (χ2v) is 4.93. The predicted molar refractivity (Wildman–Crippen MR) is 75.9 cm³/mol. The minimum absolute atomic E-state index is 0.343. The summed E-state index contributed by atoms with van der Waals surface area (Å²) < 4.78 is 0. The first-order valence-electron chi connectivity index (χ1n) is 6.52. The van der Waals surface area contributed by atoms with Gasteiger partial charge in [-0.1, -0.05) is 24.6 Å². The number of nitrogens with one attached hydrogen (secondary N) is 1. The lowest BCUT2D eigenvalue weighted by Crippen LogP contribution is -2.32. The van der Waals surface area contributed by atoms with Crippen LogP contribution in [0.2, 0.25) is 5.02 Å². The van der Waals surface area contributed by atoms with Gasteiger partial charge >= 0.3 is 0 Å². The molecule has 1 aliphatic rings. The number of halogens is 1. The van der Waals surface area contributed by atoms with Gasteiger partial charge in [0.05, 0.1) is 16.3 Å². The van der Waals surface area contributed by atoms with Crippen LogP contribution in [0.1, 0.15) is 30.1 Å². The number of carbonyl (C=O) groups is 2. The summed E-state index contributed by atoms with van der Waals surface area (Å²) in [6.45, 7) is 4.44. The number of Topliss-reactive ketones (excluding diaryl/α,β-unsaturated/α-hetero) is 1. The van der Waals surface area contributed by atoms with Gasteiger partial charge in [0.1, 0.15) is 0 Å². The molecule has 1 N–H and O–H groups in total. The van der Waals surface area contributed by atoms with Crippen molar-refractivity contribution >= 4 is 29.0 Å². The normalized spacial score (nSPS) is 14.1. The number of hydrogen-bond acceptors (Lipinski definition) is 3. The number of hydrogen-bond donors (Lipinski definition) is 1. The van der Waals surface area contributed by atoms with Gasteiger partial charge in [0.15, 0.2) is 0 Å². The zero-order chi connectivity index (χ0) is 13.8. The summed E-state index contributed by atoms with van der Waals surface area (Å²) in [5, 5.41) is 3.62. The highest BCUT2D eigenvalue weighted by molar-refractivity contribution is 6.55. The first-order chi connectivity index (χ1) is 9.16. The van der Waals surface area contributed by atoms with Crippen molar-refractivity contribution in [3.63, 3.8) is 0 Å². The average Bonchev–Trinajstić information content (AvgIpc) is 2.64. The number of rotatable bonds is 6. The highest BCUT2D eigenvalue weighted by atomic mass is 35.5. The molecule has 0 aliphatic carbocycles. The monoisotopic (exact) mass is 280 g/mol. The molecule has 19 heavy (non-hydrogen) atoms. The van der Waals surface area contributed by atoms with Gasteiger partial charge in [-0.3, -0.25) is 9.59 Å². The first kappa shape index (κ1) is 14.0. The van der Waals surface area contributed by atoms with Gasteiger partial charge in [0, 0.05) is 6.54 Å². The second kappa shape index (κ2) is 6.17. The molecule has 1 amide bonds. The van der Waals surface area contributed by atoms with Crippen LogP contribution in [0.15, 0.2) is 18.2 Å². The summed E-state index contributed by atoms with van der Waals surface area (Å²) in [5.41, 5.74) is 0.980. The summed E-state index contributed by atoms with van der Waals surface area (Å²) >= 11 is 5.99. The molecular weight excluding hydrogens is 264 g/mol. The van der Waals surface area contributed by atoms with Gasteiger partial charge < -0.3 is 10.2 Å². The fourth-order valence-electron chi connectivity index (χ4n) is 2.19. The summed E-state index contributed by atoms with van der Waals surface area (Å²) in [5.74, 6) is -0.972. The highest BCUT2D eigenvalue weighted by Crippen LogP contribution is 2.33. The van der Waals surface area contributed by atoms with Crippen molar-refractivity contribution in [2.45, 2.75) is 19.8 Å². The van der Waals surface area contributed by atoms with Gasteiger partial charge in [-0.15, -0.1) is 0 Å². The Hall–Kier alpha value is -1.39. The molecule has 1 aliphatic heterocycles. The molecule has 1 heterocycles. The quantitative estimate of drug-likeness (QED) is 0.642. The molecule has 0 unspecified atom stereocenters. The predicted octanol–water partition coefficient (Wildman–Crippen LogP) is 2.26. The number of carbonyl (C=O) groups excluding carboxylic acids is 2. The number of nitrogens with zero attached hydrogens (tertiary/aromatic N) is 1. The number of anilines is 1. The third kappa shape index (κ3) is 2.80. The molecule has 0 aromatic heterocycles. The van der Waals surface area contributed by atoms with Gasteiger partial charge in [0.25, 0.3) is 11.7 Å². The van der Waals surface area contributed by atoms with Crippen molar-refractivity contribution in [3.8, 4) is 0 Å². The Labute approximate surface area is 117 Å². The van der Waals surface area contributed by atoms with E-state index < -0.39 is 11.7 Å². The van der Waals surface area contributed by atoms with Crippen LogP contribution in [-0.2, 0) is 4.79 Å². The van der Waals surface area contributed by atoms with Crippen molar-refractivity contribution in [1.82, 2.24) is 5.32 Å². The lowest BCUT2D eigenvalue weighted by atomic mass is 10.1. The van der Waals surface area contributed by atoms with Gasteiger partial charge in [-0.25, -0.2) is 0 Å². The van der Waals surface area contributed by atoms with Crippen LogP contribution in [-0.4, -0.2) is 31.3 Å². The number of ketones is 1. The largest absolute Gasteiger partial charge is 0.317 e. The van der Waals surface area contributed by atoms with Crippen LogP contribution < -0.4 is 10.2 Å². The van der Waals surface area contributed by atoms with Crippen molar-refractivity contribution in [2.24, 2.45) is 0 Å². The number of benzene rings is 1. The fourth-order valence-corrected chi connectivity index (χ4v) is 2.44. The van der Waals surface area contributed by atoms with Gasteiger partial charge in [0.2, 0.25) is 0 Å². The zero-order valence-electron chi connectivity index (χ0n) is 10.9. The molecule has 0 atom stereocenters. The molecule has 2 rings (SSSR count). The van der Waals surface area contributed by atoms with E-state index in [9.17, 15) is 9.59 Å². The van der Waals surface area contributed by atoms with Crippen LogP contribution >= 0.6 is 11.6 Å². The lowest BCUT2D eigenvalue weighted by molar-refractivity contribution is -0.114. The Kier molecular flexibility index (Phi) is 4.56. The van der Waals surface area contributed by atoms with E-state index in [1.54, 1.807) is 18.2 Å². The lowest BCUT2D eigenvalue weighted by Gasteiger charge is -2.16. The summed E-state index contributed by atoms with van der Waals surface area (Å²) in [6, 6.07) is 5.16. The molecule has 1 aromatic rings. The number of fused-ring (bicyclic) bond motifs is 1. The number of amides is 1. The Bertz CT molecular complexity index is 502. The van der Waals surface area contributed by atoms with Crippen molar-refractivity contribution in [1.29, 1.82) is 0 Å². The van der Waals surface area contributed by atoms with Crippen molar-refractivity contribution in [3.05, 3.63) is 28.8 Å². The standard InChI is InChI=1S/C14H17ClN2O2/c1-2-7-16-8-4-9-17-11-6-3-5-10(15)12(11)13(18)14(17)19/h3,5-6,16H,2,4,7-9H2,1H3. The van der Waals surface area contributed by atoms with E-state index in [-0.39, 0.29) is 0 Å². The first-order valence-corrected chi connectivity index (χ1v) is 6.90. The molecule has 0 radical (unpaired) electrons. The van der Waals surface area contributed by atoms with E-state index in [2.05, 4.69) is 12.2 Å². The summed E-state index contributed by atoms with van der Waals surface area (Å²) in [6.07, 6.45) is 1.89. The van der Waals surface area contributed by atoms with E-state index in [1.807, 2.05) is 0 Å². The Morgan fingerprint density at radius 2 is 2.05 bits per heavy atom. The molecule has 1 aromatic carbocycles. The SMILES string of the molecule is CCCNCCCN1C(=O)C(=O)c2c(Cl)cccc21. The Morgan fingerprint density at radius 3 is 2.79 bits per heavy atom. The Morgan fingerprint density at radius 1 is 1.26 bits per heavy atom. The maximum atomic E-state index is 11.9. The van der Waals surface area contributed by atoms with Gasteiger partial charge in [-0.05, 0) is 38.1 Å².